The van der Waals surface area contributed by atoms with Crippen molar-refractivity contribution in [2.45, 2.75) is 39.0 Å². The van der Waals surface area contributed by atoms with E-state index in [-0.39, 0.29) is 6.61 Å². The summed E-state index contributed by atoms with van der Waals surface area (Å²) in [6, 6.07) is 14.6. The van der Waals surface area contributed by atoms with E-state index in [0.29, 0.717) is 11.1 Å². The van der Waals surface area contributed by atoms with Crippen LogP contribution in [0.4, 0.5) is 4.79 Å². The molecular weight excluding hydrogens is 418 g/mol. The summed E-state index contributed by atoms with van der Waals surface area (Å²) < 4.78 is 33.2. The number of rotatable bonds is 7. The van der Waals surface area contributed by atoms with Gasteiger partial charge in [0.05, 0.1) is 0 Å². The molecule has 1 unspecified atom stereocenters. The van der Waals surface area contributed by atoms with Crippen molar-refractivity contribution in [3.63, 3.8) is 0 Å². The third-order valence-corrected chi connectivity index (χ3v) is 4.53. The summed E-state index contributed by atoms with van der Waals surface area (Å²) in [6.07, 6.45) is 1.79. The lowest BCUT2D eigenvalue weighted by Crippen LogP contribution is -2.38. The monoisotopic (exact) mass is 445 g/mol. The second-order valence-corrected chi connectivity index (χ2v) is 9.90. The van der Waals surface area contributed by atoms with Gasteiger partial charge in [-0.05, 0) is 43.5 Å². The van der Waals surface area contributed by atoms with E-state index in [2.05, 4.69) is 5.32 Å². The molecule has 0 aliphatic carbocycles. The van der Waals surface area contributed by atoms with Gasteiger partial charge in [-0.15, -0.1) is 0 Å². The third kappa shape index (κ3) is 9.04. The Morgan fingerprint density at radius 1 is 1.03 bits per heavy atom. The minimum absolute atomic E-state index is 0.0569. The summed E-state index contributed by atoms with van der Waals surface area (Å²) in [7, 11) is -3.26. The summed E-state index contributed by atoms with van der Waals surface area (Å²) in [5.74, 6) is -0.644. The van der Waals surface area contributed by atoms with Gasteiger partial charge in [-0.25, -0.2) is 18.0 Å². The van der Waals surface area contributed by atoms with Gasteiger partial charge in [0.15, 0.2) is 15.9 Å². The van der Waals surface area contributed by atoms with E-state index < -0.39 is 33.5 Å². The van der Waals surface area contributed by atoms with E-state index in [4.69, 9.17) is 9.47 Å². The van der Waals surface area contributed by atoms with Crippen LogP contribution < -0.4 is 5.32 Å². The second kappa shape index (κ2) is 10.3. The summed E-state index contributed by atoms with van der Waals surface area (Å²) in [4.78, 5) is 25.1. The molecule has 1 amide bonds. The normalized spacial score (nSPS) is 12.9. The minimum atomic E-state index is -3.26. The molecule has 0 spiro atoms. The fourth-order valence-electron chi connectivity index (χ4n) is 2.52. The first-order valence-corrected chi connectivity index (χ1v) is 11.6. The molecule has 0 aromatic heterocycles. The van der Waals surface area contributed by atoms with Gasteiger partial charge >= 0.3 is 12.1 Å². The molecule has 0 saturated carbocycles. The number of hydrogen-bond acceptors (Lipinski definition) is 6. The van der Waals surface area contributed by atoms with Crippen molar-refractivity contribution >= 4 is 28.0 Å². The highest BCUT2D eigenvalue weighted by molar-refractivity contribution is 7.93. The Morgan fingerprint density at radius 2 is 1.65 bits per heavy atom. The molecule has 1 atom stereocenters. The quantitative estimate of drug-likeness (QED) is 0.647. The number of carbonyl (C=O) groups excluding carboxylic acids is 2. The summed E-state index contributed by atoms with van der Waals surface area (Å²) in [6.45, 7) is 5.22. The number of nitrogens with one attached hydrogen (secondary N) is 1. The van der Waals surface area contributed by atoms with Crippen LogP contribution in [0, 0.1) is 0 Å². The molecule has 0 heterocycles. The van der Waals surface area contributed by atoms with Crippen LogP contribution in [0.15, 0.2) is 60.0 Å². The molecule has 166 valence electrons. The van der Waals surface area contributed by atoms with Gasteiger partial charge < -0.3 is 14.8 Å². The van der Waals surface area contributed by atoms with Crippen molar-refractivity contribution in [3.8, 4) is 0 Å². The number of alkyl carbamates (subject to hydrolysis) is 1. The van der Waals surface area contributed by atoms with E-state index >= 15 is 0 Å². The van der Waals surface area contributed by atoms with Crippen molar-refractivity contribution in [3.05, 3.63) is 76.7 Å². The average Bonchev–Trinajstić information content (AvgIpc) is 2.68. The molecule has 2 aromatic rings. The highest BCUT2D eigenvalue weighted by Crippen LogP contribution is 2.19. The van der Waals surface area contributed by atoms with Crippen molar-refractivity contribution in [1.82, 2.24) is 5.32 Å². The van der Waals surface area contributed by atoms with Crippen molar-refractivity contribution in [2.24, 2.45) is 0 Å². The Bertz CT molecular complexity index is 1020. The number of benzene rings is 2. The van der Waals surface area contributed by atoms with Gasteiger partial charge in [-0.2, -0.15) is 0 Å². The smallest absolute Gasteiger partial charge is 0.408 e. The van der Waals surface area contributed by atoms with E-state index in [1.165, 1.54) is 6.08 Å². The van der Waals surface area contributed by atoms with E-state index in [1.54, 1.807) is 45.0 Å². The average molecular weight is 446 g/mol. The number of carbonyl (C=O) groups is 2. The maximum Gasteiger partial charge on any atom is 0.408 e. The molecule has 7 nitrogen and oxygen atoms in total. The predicted octanol–water partition coefficient (Wildman–Crippen LogP) is 4.01. The zero-order chi connectivity index (χ0) is 23.1. The van der Waals surface area contributed by atoms with Gasteiger partial charge in [-0.3, -0.25) is 0 Å². The van der Waals surface area contributed by atoms with Gasteiger partial charge in [-0.1, -0.05) is 54.6 Å². The van der Waals surface area contributed by atoms with Crippen LogP contribution in [-0.2, 0) is 30.7 Å². The fourth-order valence-corrected chi connectivity index (χ4v) is 2.92. The molecule has 0 bridgehead atoms. The highest BCUT2D eigenvalue weighted by Gasteiger charge is 2.27. The maximum atomic E-state index is 12.8. The lowest BCUT2D eigenvalue weighted by molar-refractivity contribution is -0.147. The maximum absolute atomic E-state index is 12.8. The van der Waals surface area contributed by atoms with E-state index in [9.17, 15) is 18.0 Å². The largest absolute Gasteiger partial charge is 0.459 e. The van der Waals surface area contributed by atoms with Crippen LogP contribution in [0.5, 0.6) is 0 Å². The minimum Gasteiger partial charge on any atom is -0.459 e. The van der Waals surface area contributed by atoms with Crippen LogP contribution in [0.25, 0.3) is 6.08 Å². The Hall–Kier alpha value is -3.13. The molecular formula is C23H27NO6S. The Morgan fingerprint density at radius 3 is 2.19 bits per heavy atom. The summed E-state index contributed by atoms with van der Waals surface area (Å²) in [5.41, 5.74) is 1.18. The topological polar surface area (TPSA) is 98.8 Å². The van der Waals surface area contributed by atoms with Gasteiger partial charge in [0, 0.05) is 11.7 Å². The molecule has 2 rings (SSSR count). The number of sulfone groups is 1. The molecule has 0 aliphatic rings. The highest BCUT2D eigenvalue weighted by atomic mass is 32.2. The number of amides is 1. The number of ether oxygens (including phenoxy) is 2. The molecule has 1 N–H and O–H groups in total. The number of hydrogen-bond donors (Lipinski definition) is 1. The first-order valence-electron chi connectivity index (χ1n) is 9.61. The Labute approximate surface area is 183 Å². The fraction of sp³-hybridized carbons (Fsp3) is 0.304. The van der Waals surface area contributed by atoms with Gasteiger partial charge in [0.25, 0.3) is 0 Å². The van der Waals surface area contributed by atoms with Crippen molar-refractivity contribution < 1.29 is 27.5 Å². The lowest BCUT2D eigenvalue weighted by atomic mass is 10.0. The molecule has 0 saturated heterocycles. The van der Waals surface area contributed by atoms with Crippen LogP contribution in [0.2, 0.25) is 0 Å². The second-order valence-electron chi connectivity index (χ2n) is 7.97. The van der Waals surface area contributed by atoms with Crippen molar-refractivity contribution in [1.29, 1.82) is 0 Å². The SMILES string of the molecule is CC(C)(C)OC(=O)NC(C(=O)OCc1ccccc1)c1ccc(/C=C/S(C)(=O)=O)cc1. The zero-order valence-electron chi connectivity index (χ0n) is 18.0. The van der Waals surface area contributed by atoms with Crippen molar-refractivity contribution in [2.75, 3.05) is 6.26 Å². The summed E-state index contributed by atoms with van der Waals surface area (Å²) in [5, 5.41) is 3.64. The number of esters is 1. The molecule has 0 fully saturated rings. The van der Waals surface area contributed by atoms with Gasteiger partial charge in [0.1, 0.15) is 12.2 Å². The summed E-state index contributed by atoms with van der Waals surface area (Å²) >= 11 is 0. The molecule has 31 heavy (non-hydrogen) atoms. The van der Waals surface area contributed by atoms with E-state index in [0.717, 1.165) is 17.2 Å². The molecule has 8 heteroatoms. The molecule has 0 aliphatic heterocycles. The van der Waals surface area contributed by atoms with Crippen LogP contribution in [0.3, 0.4) is 0 Å². The molecule has 0 radical (unpaired) electrons. The Kier molecular flexibility index (Phi) is 7.99. The first-order chi connectivity index (χ1) is 14.4. The Balaban J connectivity index is 2.20. The third-order valence-electron chi connectivity index (χ3n) is 3.90. The van der Waals surface area contributed by atoms with Crippen LogP contribution >= 0.6 is 0 Å². The van der Waals surface area contributed by atoms with Crippen LogP contribution in [-0.4, -0.2) is 32.3 Å². The lowest BCUT2D eigenvalue weighted by Gasteiger charge is -2.23. The first kappa shape index (κ1) is 24.1. The molecule has 2 aromatic carbocycles. The van der Waals surface area contributed by atoms with E-state index in [1.807, 2.05) is 30.3 Å². The standard InChI is InChI=1S/C23H27NO6S/c1-23(2,3)30-22(26)24-20(21(25)29-16-18-8-6-5-7-9-18)19-12-10-17(11-13-19)14-15-31(4,27)28/h5-15,20H,16H2,1-4H3,(H,24,26)/b15-14+. The predicted molar refractivity (Wildman–Crippen MR) is 119 cm³/mol. The van der Waals surface area contributed by atoms with Crippen LogP contribution in [0.1, 0.15) is 43.5 Å². The van der Waals surface area contributed by atoms with Gasteiger partial charge in [0.2, 0.25) is 0 Å². The zero-order valence-corrected chi connectivity index (χ0v) is 18.8.